The molecule has 0 aliphatic heterocycles. The maximum Gasteiger partial charge on any atom is 0.249 e. The van der Waals surface area contributed by atoms with E-state index >= 15 is 0 Å². The summed E-state index contributed by atoms with van der Waals surface area (Å²) in [5, 5.41) is 15.7. The summed E-state index contributed by atoms with van der Waals surface area (Å²) in [6.07, 6.45) is 1.76. The number of anilines is 3. The number of thioether (sulfide) groups is 1. The van der Waals surface area contributed by atoms with Gasteiger partial charge < -0.3 is 21.1 Å². The number of nitrogens with one attached hydrogen (secondary N) is 2. The monoisotopic (exact) mass is 466 g/mol. The number of halogens is 1. The minimum atomic E-state index is -0.918. The predicted molar refractivity (Wildman–Crippen MR) is 126 cm³/mol. The molecule has 0 spiro atoms. The minimum absolute atomic E-state index is 0.0209. The van der Waals surface area contributed by atoms with Gasteiger partial charge in [0.2, 0.25) is 11.9 Å². The zero-order valence-electron chi connectivity index (χ0n) is 17.9. The lowest BCUT2D eigenvalue weighted by Gasteiger charge is -2.20. The van der Waals surface area contributed by atoms with Crippen molar-refractivity contribution in [2.24, 2.45) is 0 Å². The second kappa shape index (κ2) is 11.8. The van der Waals surface area contributed by atoms with Gasteiger partial charge in [0.25, 0.3) is 0 Å². The number of nitrogen functional groups attached to an aromatic ring is 1. The van der Waals surface area contributed by atoms with Crippen molar-refractivity contribution in [1.82, 2.24) is 9.97 Å². The molecule has 170 valence electrons. The summed E-state index contributed by atoms with van der Waals surface area (Å²) in [7, 11) is 0. The fourth-order valence-electron chi connectivity index (χ4n) is 2.99. The first-order valence-corrected chi connectivity index (χ1v) is 11.2. The van der Waals surface area contributed by atoms with Gasteiger partial charge in [0, 0.05) is 5.69 Å². The third-order valence-electron chi connectivity index (χ3n) is 4.57. The van der Waals surface area contributed by atoms with Crippen LogP contribution in [0.4, 0.5) is 21.8 Å². The molecule has 0 saturated carbocycles. The lowest BCUT2D eigenvalue weighted by Crippen LogP contribution is -2.39. The van der Waals surface area contributed by atoms with Crippen molar-refractivity contribution in [3.8, 4) is 6.07 Å². The Hall–Kier alpha value is -3.68. The molecule has 0 radical (unpaired) electrons. The topological polar surface area (TPSA) is 126 Å². The molecule has 0 bridgehead atoms. The molecule has 3 aromatic rings. The van der Waals surface area contributed by atoms with Gasteiger partial charge in [0.1, 0.15) is 29.4 Å². The van der Waals surface area contributed by atoms with E-state index in [-0.39, 0.29) is 30.5 Å². The Morgan fingerprint density at radius 1 is 1.21 bits per heavy atom. The molecule has 1 amide bonds. The molecule has 0 fully saturated rings. The Bertz CT molecular complexity index is 1140. The van der Waals surface area contributed by atoms with E-state index in [0.29, 0.717) is 16.3 Å². The van der Waals surface area contributed by atoms with Crippen LogP contribution in [0.5, 0.6) is 0 Å². The number of hydrogen-bond donors (Lipinski definition) is 3. The van der Waals surface area contributed by atoms with Crippen molar-refractivity contribution < 1.29 is 13.9 Å². The molecule has 1 atom stereocenters. The summed E-state index contributed by atoms with van der Waals surface area (Å²) in [5.74, 6) is -0.331. The molecule has 1 heterocycles. The zero-order valence-corrected chi connectivity index (χ0v) is 18.7. The maximum atomic E-state index is 13.1. The zero-order chi connectivity index (χ0) is 23.6. The van der Waals surface area contributed by atoms with Gasteiger partial charge in [-0.2, -0.15) is 10.2 Å². The molecule has 1 aromatic heterocycles. The van der Waals surface area contributed by atoms with Gasteiger partial charge in [-0.15, -0.1) is 11.8 Å². The van der Waals surface area contributed by atoms with Crippen LogP contribution in [0, 0.1) is 11.3 Å². The number of nitrogens with two attached hydrogens (primary N) is 1. The molecule has 0 aliphatic rings. The fraction of sp³-hybridized carbons (Fsp3) is 0.217. The Kier molecular flexibility index (Phi) is 8.57. The van der Waals surface area contributed by atoms with E-state index in [1.54, 1.807) is 30.5 Å². The van der Waals surface area contributed by atoms with Crippen molar-refractivity contribution >= 4 is 35.1 Å². The van der Waals surface area contributed by atoms with E-state index in [9.17, 15) is 14.4 Å². The van der Waals surface area contributed by atoms with Crippen molar-refractivity contribution in [2.75, 3.05) is 29.2 Å². The molecule has 2 aromatic carbocycles. The summed E-state index contributed by atoms with van der Waals surface area (Å²) >= 11 is 1.24. The Balaban J connectivity index is 1.82. The molecule has 0 saturated heterocycles. The highest BCUT2D eigenvalue weighted by Gasteiger charge is 2.23. The number of hydrogen-bond acceptors (Lipinski definition) is 8. The summed E-state index contributed by atoms with van der Waals surface area (Å²) in [6, 6.07) is 17.1. The molecule has 3 rings (SSSR count). The van der Waals surface area contributed by atoms with Crippen LogP contribution in [0.1, 0.15) is 16.7 Å². The predicted octanol–water partition coefficient (Wildman–Crippen LogP) is 3.76. The average molecular weight is 467 g/mol. The normalized spacial score (nSPS) is 11.4. The summed E-state index contributed by atoms with van der Waals surface area (Å²) in [5.41, 5.74) is 7.80. The van der Waals surface area contributed by atoms with Crippen molar-refractivity contribution in [2.45, 2.75) is 24.3 Å². The van der Waals surface area contributed by atoms with E-state index in [1.165, 1.54) is 11.8 Å². The summed E-state index contributed by atoms with van der Waals surface area (Å²) in [4.78, 5) is 21.3. The lowest BCUT2D eigenvalue weighted by atomic mass is 10.2. The van der Waals surface area contributed by atoms with E-state index in [0.717, 1.165) is 5.56 Å². The van der Waals surface area contributed by atoms with E-state index in [2.05, 4.69) is 26.7 Å². The van der Waals surface area contributed by atoms with Crippen LogP contribution in [0.25, 0.3) is 0 Å². The van der Waals surface area contributed by atoms with Crippen LogP contribution in [-0.2, 0) is 22.8 Å². The van der Waals surface area contributed by atoms with Gasteiger partial charge in [-0.1, -0.05) is 42.5 Å². The number of amides is 1. The maximum absolute atomic E-state index is 13.1. The number of nitrogens with zero attached hydrogens (tertiary/aromatic N) is 3. The fourth-order valence-corrected chi connectivity index (χ4v) is 3.52. The highest BCUT2D eigenvalue weighted by molar-refractivity contribution is 7.98. The van der Waals surface area contributed by atoms with Crippen LogP contribution in [0.3, 0.4) is 0 Å². The molecular weight excluding hydrogens is 443 g/mol. The lowest BCUT2D eigenvalue weighted by molar-refractivity contribution is -0.118. The average Bonchev–Trinajstić information content (AvgIpc) is 2.83. The van der Waals surface area contributed by atoms with Crippen LogP contribution in [0.2, 0.25) is 0 Å². The highest BCUT2D eigenvalue weighted by Crippen LogP contribution is 2.25. The van der Waals surface area contributed by atoms with Crippen molar-refractivity contribution in [3.05, 3.63) is 71.3 Å². The third kappa shape index (κ3) is 6.65. The number of rotatable bonds is 10. The number of aromatic nitrogens is 2. The number of ether oxygens (including phenoxy) is 1. The van der Waals surface area contributed by atoms with E-state index < -0.39 is 18.6 Å². The first-order chi connectivity index (χ1) is 16.0. The Labute approximate surface area is 195 Å². The van der Waals surface area contributed by atoms with E-state index in [4.69, 9.17) is 10.5 Å². The first kappa shape index (κ1) is 24.0. The van der Waals surface area contributed by atoms with Crippen LogP contribution < -0.4 is 16.4 Å². The van der Waals surface area contributed by atoms with Crippen LogP contribution >= 0.6 is 11.8 Å². The second-order valence-electron chi connectivity index (χ2n) is 6.95. The highest BCUT2D eigenvalue weighted by atomic mass is 32.2. The first-order valence-electron chi connectivity index (χ1n) is 9.99. The van der Waals surface area contributed by atoms with Gasteiger partial charge >= 0.3 is 0 Å². The molecule has 0 aliphatic carbocycles. The molecule has 10 heteroatoms. The SMILES string of the molecule is CSc1nc(N)nc(N[C@@H](COCc2ccccc2)C(=O)Nc2cccc(CF)c2)c1C#N. The number of benzene rings is 2. The van der Waals surface area contributed by atoms with Gasteiger partial charge in [-0.05, 0) is 29.5 Å². The third-order valence-corrected chi connectivity index (χ3v) is 5.25. The van der Waals surface area contributed by atoms with Gasteiger partial charge in [0.05, 0.1) is 13.2 Å². The van der Waals surface area contributed by atoms with Crippen molar-refractivity contribution in [1.29, 1.82) is 5.26 Å². The number of alkyl halides is 1. The minimum Gasteiger partial charge on any atom is -0.374 e. The molecule has 4 N–H and O–H groups in total. The Morgan fingerprint density at radius 3 is 2.67 bits per heavy atom. The molecule has 0 unspecified atom stereocenters. The van der Waals surface area contributed by atoms with Crippen LogP contribution in [0.15, 0.2) is 59.6 Å². The number of nitriles is 1. The summed E-state index contributed by atoms with van der Waals surface area (Å²) < 4.78 is 18.8. The van der Waals surface area contributed by atoms with Crippen LogP contribution in [-0.4, -0.2) is 34.8 Å². The number of carbonyl (C=O) groups is 1. The van der Waals surface area contributed by atoms with Gasteiger partial charge in [-0.25, -0.2) is 9.37 Å². The molecule has 8 nitrogen and oxygen atoms in total. The quantitative estimate of drug-likeness (QED) is 0.305. The van der Waals surface area contributed by atoms with E-state index in [1.807, 2.05) is 30.3 Å². The summed E-state index contributed by atoms with van der Waals surface area (Å²) in [6.45, 7) is -0.377. The standard InChI is InChI=1S/C23H23FN6O2S/c1-33-22-18(12-25)20(29-23(26)30-22)28-19(14-32-13-15-6-3-2-4-7-15)21(31)27-17-9-5-8-16(10-17)11-24/h2-10,19H,11,13-14H2,1H3,(H,27,31)(H3,26,28,29,30)/t19-/m0/s1. The molecular formula is C23H23FN6O2S. The smallest absolute Gasteiger partial charge is 0.249 e. The van der Waals surface area contributed by atoms with Gasteiger partial charge in [0.15, 0.2) is 5.82 Å². The molecule has 33 heavy (non-hydrogen) atoms. The Morgan fingerprint density at radius 2 is 1.97 bits per heavy atom. The van der Waals surface area contributed by atoms with Crippen molar-refractivity contribution in [3.63, 3.8) is 0 Å². The number of carbonyl (C=O) groups excluding carboxylic acids is 1. The van der Waals surface area contributed by atoms with Gasteiger partial charge in [-0.3, -0.25) is 4.79 Å². The largest absolute Gasteiger partial charge is 0.374 e. The second-order valence-corrected chi connectivity index (χ2v) is 7.74.